The standard InChI is InChI=1S/C33H48N4O6/c1-6-22(2)29-31(40)34-17-10-18-42-25-15-13-24(14-16-25)20-27(30(39)37-29)35-21-28(38)26(19-23-11-8-7-9-12-23)36-32(41)43-33(3,4)5/h7-9,11-16,22,26-29,35,38H,6,10,17-21H2,1-5H3,(H,34,40)(H,36,41)(H,37,39)/t22?,26-,27+,28-,29+/m1/s1. The normalized spacial score (nSPS) is 20.3. The first-order valence-electron chi connectivity index (χ1n) is 15.2. The van der Waals surface area contributed by atoms with E-state index in [-0.39, 0.29) is 24.3 Å². The highest BCUT2D eigenvalue weighted by molar-refractivity contribution is 5.90. The number of amides is 3. The Morgan fingerprint density at radius 3 is 2.44 bits per heavy atom. The largest absolute Gasteiger partial charge is 0.494 e. The Balaban J connectivity index is 1.81. The minimum Gasteiger partial charge on any atom is -0.494 e. The predicted molar refractivity (Wildman–Crippen MR) is 166 cm³/mol. The van der Waals surface area contributed by atoms with Crippen molar-refractivity contribution in [3.05, 3.63) is 65.7 Å². The Bertz CT molecular complexity index is 1170. The van der Waals surface area contributed by atoms with Gasteiger partial charge in [-0.2, -0.15) is 0 Å². The fraction of sp³-hybridized carbons (Fsp3) is 0.545. The molecule has 2 heterocycles. The molecule has 10 nitrogen and oxygen atoms in total. The molecule has 4 rings (SSSR count). The van der Waals surface area contributed by atoms with Crippen molar-refractivity contribution in [3.8, 4) is 5.75 Å². The van der Waals surface area contributed by atoms with E-state index in [2.05, 4.69) is 21.3 Å². The molecule has 2 aromatic rings. The molecule has 2 bridgehead atoms. The Morgan fingerprint density at radius 1 is 1.09 bits per heavy atom. The molecular formula is C33H48N4O6. The van der Waals surface area contributed by atoms with Gasteiger partial charge in [0.2, 0.25) is 11.8 Å². The lowest BCUT2D eigenvalue weighted by Crippen LogP contribution is -2.57. The molecule has 0 radical (unpaired) electrons. The number of fused-ring (bicyclic) bond motifs is 12. The monoisotopic (exact) mass is 596 g/mol. The van der Waals surface area contributed by atoms with Crippen LogP contribution < -0.4 is 26.0 Å². The molecule has 10 heteroatoms. The molecular weight excluding hydrogens is 548 g/mol. The van der Waals surface area contributed by atoms with E-state index >= 15 is 0 Å². The SMILES string of the molecule is CCC(C)[C@@H]1NC(=O)[C@@H](NC[C@@H](O)[C@@H](Cc2ccccc2)NC(=O)OC(C)(C)C)Cc2ccc(cc2)OCCCNC1=O. The highest BCUT2D eigenvalue weighted by atomic mass is 16.6. The zero-order chi connectivity index (χ0) is 31.4. The van der Waals surface area contributed by atoms with Crippen LogP contribution in [0.15, 0.2) is 54.6 Å². The Kier molecular flexibility index (Phi) is 12.8. The van der Waals surface area contributed by atoms with Crippen molar-refractivity contribution in [2.75, 3.05) is 19.7 Å². The van der Waals surface area contributed by atoms with Gasteiger partial charge in [0, 0.05) is 13.1 Å². The van der Waals surface area contributed by atoms with Crippen LogP contribution in [0, 0.1) is 5.92 Å². The maximum Gasteiger partial charge on any atom is 0.407 e. The van der Waals surface area contributed by atoms with Gasteiger partial charge >= 0.3 is 6.09 Å². The van der Waals surface area contributed by atoms with Crippen LogP contribution in [0.3, 0.4) is 0 Å². The average Bonchev–Trinajstić information content (AvgIpc) is 2.97. The summed E-state index contributed by atoms with van der Waals surface area (Å²) in [5, 5.41) is 23.2. The highest BCUT2D eigenvalue weighted by Gasteiger charge is 2.31. The van der Waals surface area contributed by atoms with Crippen molar-refractivity contribution < 1.29 is 29.0 Å². The molecule has 3 amide bonds. The van der Waals surface area contributed by atoms with Crippen molar-refractivity contribution in [2.45, 2.75) is 90.1 Å². The number of carbonyl (C=O) groups excluding carboxylic acids is 3. The first-order valence-corrected chi connectivity index (χ1v) is 15.2. The molecule has 0 saturated carbocycles. The summed E-state index contributed by atoms with van der Waals surface area (Å²) in [5.74, 6) is 0.0426. The molecule has 0 aliphatic carbocycles. The van der Waals surface area contributed by atoms with Crippen molar-refractivity contribution in [2.24, 2.45) is 5.92 Å². The van der Waals surface area contributed by atoms with Gasteiger partial charge in [-0.3, -0.25) is 9.59 Å². The van der Waals surface area contributed by atoms with Crippen molar-refractivity contribution in [1.82, 2.24) is 21.3 Å². The van der Waals surface area contributed by atoms with E-state index in [1.54, 1.807) is 20.8 Å². The van der Waals surface area contributed by atoms with Crippen LogP contribution in [0.4, 0.5) is 4.79 Å². The van der Waals surface area contributed by atoms with Crippen LogP contribution in [-0.4, -0.2) is 72.5 Å². The van der Waals surface area contributed by atoms with Crippen LogP contribution in [0.5, 0.6) is 5.75 Å². The van der Waals surface area contributed by atoms with Gasteiger partial charge in [0.1, 0.15) is 17.4 Å². The van der Waals surface area contributed by atoms with Crippen molar-refractivity contribution in [1.29, 1.82) is 0 Å². The first-order chi connectivity index (χ1) is 20.4. The van der Waals surface area contributed by atoms with E-state index in [4.69, 9.17) is 9.47 Å². The summed E-state index contributed by atoms with van der Waals surface area (Å²) in [6.45, 7) is 10.1. The van der Waals surface area contributed by atoms with Crippen LogP contribution in [0.2, 0.25) is 0 Å². The Morgan fingerprint density at radius 2 is 1.79 bits per heavy atom. The lowest BCUT2D eigenvalue weighted by Gasteiger charge is -2.29. The number of hydrogen-bond acceptors (Lipinski definition) is 7. The zero-order valence-electron chi connectivity index (χ0n) is 26.0. The van der Waals surface area contributed by atoms with Crippen molar-refractivity contribution in [3.63, 3.8) is 0 Å². The summed E-state index contributed by atoms with van der Waals surface area (Å²) >= 11 is 0. The summed E-state index contributed by atoms with van der Waals surface area (Å²) in [7, 11) is 0. The first kappa shape index (κ1) is 33.9. The third-order valence-electron chi connectivity index (χ3n) is 7.40. The summed E-state index contributed by atoms with van der Waals surface area (Å²) in [5.41, 5.74) is 1.12. The third kappa shape index (κ3) is 11.5. The zero-order valence-corrected chi connectivity index (χ0v) is 26.0. The summed E-state index contributed by atoms with van der Waals surface area (Å²) in [4.78, 5) is 39.4. The number of alkyl carbamates (subject to hydrolysis) is 1. The summed E-state index contributed by atoms with van der Waals surface area (Å²) < 4.78 is 11.2. The highest BCUT2D eigenvalue weighted by Crippen LogP contribution is 2.16. The Hall–Kier alpha value is -3.63. The molecule has 43 heavy (non-hydrogen) atoms. The minimum absolute atomic E-state index is 0.00672. The summed E-state index contributed by atoms with van der Waals surface area (Å²) in [6.07, 6.45) is 0.328. The second-order valence-corrected chi connectivity index (χ2v) is 12.2. The van der Waals surface area contributed by atoms with Crippen molar-refractivity contribution >= 4 is 17.9 Å². The van der Waals surface area contributed by atoms with Gasteiger partial charge in [-0.05, 0) is 69.2 Å². The van der Waals surface area contributed by atoms with E-state index in [0.29, 0.717) is 44.6 Å². The second kappa shape index (κ2) is 16.3. The number of carbonyl (C=O) groups is 3. The summed E-state index contributed by atoms with van der Waals surface area (Å²) in [6, 6.07) is 14.9. The quantitative estimate of drug-likeness (QED) is 0.300. The number of aliphatic hydroxyl groups is 1. The maximum absolute atomic E-state index is 13.7. The molecule has 5 N–H and O–H groups in total. The van der Waals surface area contributed by atoms with Gasteiger partial charge in [-0.25, -0.2) is 4.79 Å². The van der Waals surface area contributed by atoms with Gasteiger partial charge in [0.15, 0.2) is 0 Å². The number of benzene rings is 2. The van der Waals surface area contributed by atoms with E-state index in [1.165, 1.54) is 0 Å². The van der Waals surface area contributed by atoms with Gasteiger partial charge < -0.3 is 35.8 Å². The maximum atomic E-state index is 13.7. The molecule has 2 aliphatic heterocycles. The molecule has 0 fully saturated rings. The molecule has 5 atom stereocenters. The Labute approximate surface area is 255 Å². The molecule has 2 aromatic carbocycles. The smallest absolute Gasteiger partial charge is 0.407 e. The minimum atomic E-state index is -1.05. The van der Waals surface area contributed by atoms with E-state index in [0.717, 1.165) is 11.1 Å². The van der Waals surface area contributed by atoms with Gasteiger partial charge in [-0.15, -0.1) is 0 Å². The number of ether oxygens (including phenoxy) is 2. The lowest BCUT2D eigenvalue weighted by molar-refractivity contribution is -0.131. The number of rotatable bonds is 9. The number of aliphatic hydroxyl groups excluding tert-OH is 1. The van der Waals surface area contributed by atoms with Gasteiger partial charge in [-0.1, -0.05) is 62.7 Å². The topological polar surface area (TPSA) is 138 Å². The molecule has 2 aliphatic rings. The van der Waals surface area contributed by atoms with E-state index in [9.17, 15) is 19.5 Å². The van der Waals surface area contributed by atoms with Crippen LogP contribution in [-0.2, 0) is 27.2 Å². The third-order valence-corrected chi connectivity index (χ3v) is 7.40. The van der Waals surface area contributed by atoms with Crippen LogP contribution in [0.25, 0.3) is 0 Å². The molecule has 0 aromatic heterocycles. The van der Waals surface area contributed by atoms with Crippen LogP contribution >= 0.6 is 0 Å². The van der Waals surface area contributed by atoms with E-state index < -0.39 is 35.9 Å². The predicted octanol–water partition coefficient (Wildman–Crippen LogP) is 3.11. The van der Waals surface area contributed by atoms with Gasteiger partial charge in [0.25, 0.3) is 0 Å². The lowest BCUT2D eigenvalue weighted by atomic mass is 9.96. The fourth-order valence-electron chi connectivity index (χ4n) is 4.77. The van der Waals surface area contributed by atoms with E-state index in [1.807, 2.05) is 68.4 Å². The van der Waals surface area contributed by atoms with Crippen LogP contribution in [0.1, 0.15) is 58.6 Å². The molecule has 0 spiro atoms. The molecule has 0 saturated heterocycles. The number of nitrogens with one attached hydrogen (secondary N) is 4. The second-order valence-electron chi connectivity index (χ2n) is 12.2. The molecule has 236 valence electrons. The number of hydrogen-bond donors (Lipinski definition) is 5. The molecule has 1 unspecified atom stereocenters. The fourth-order valence-corrected chi connectivity index (χ4v) is 4.77. The van der Waals surface area contributed by atoms with Gasteiger partial charge in [0.05, 0.1) is 24.8 Å². The average molecular weight is 597 g/mol.